The van der Waals surface area contributed by atoms with E-state index in [9.17, 15) is 9.90 Å². The lowest BCUT2D eigenvalue weighted by molar-refractivity contribution is -0.138. The number of benzene rings is 1. The number of hydrogen-bond donors (Lipinski definition) is 1. The molecule has 1 N–H and O–H groups in total. The molecule has 2 rings (SSSR count). The van der Waals surface area contributed by atoms with Crippen molar-refractivity contribution >= 4 is 11.7 Å². The second-order valence-corrected chi connectivity index (χ2v) is 8.14. The normalized spacial score (nSPS) is 16.8. The highest BCUT2D eigenvalue weighted by molar-refractivity contribution is 5.79. The van der Waals surface area contributed by atoms with Crippen molar-refractivity contribution in [2.45, 2.75) is 103 Å². The molecule has 0 saturated carbocycles. The molecule has 3 nitrogen and oxygen atoms in total. The number of rotatable bonds is 14. The van der Waals surface area contributed by atoms with Gasteiger partial charge in [0.05, 0.1) is 0 Å². The smallest absolute Gasteiger partial charge is 0.326 e. The van der Waals surface area contributed by atoms with Crippen LogP contribution in [0.1, 0.15) is 96.0 Å². The van der Waals surface area contributed by atoms with Gasteiger partial charge in [-0.1, -0.05) is 83.3 Å². The summed E-state index contributed by atoms with van der Waals surface area (Å²) in [6, 6.07) is 8.23. The SMILES string of the molecule is CCCCCCCCCCCCCc1ccc(N2CCC[C@H]2C(=O)O)cc1. The molecular weight excluding hydrogens is 334 g/mol. The summed E-state index contributed by atoms with van der Waals surface area (Å²) in [5.74, 6) is -0.697. The first kappa shape index (κ1) is 21.8. The van der Waals surface area contributed by atoms with Crippen LogP contribution in [-0.2, 0) is 11.2 Å². The molecule has 0 spiro atoms. The second-order valence-electron chi connectivity index (χ2n) is 8.14. The Labute approximate surface area is 166 Å². The highest BCUT2D eigenvalue weighted by Gasteiger charge is 2.30. The molecule has 3 heteroatoms. The zero-order chi connectivity index (χ0) is 19.3. The molecule has 27 heavy (non-hydrogen) atoms. The topological polar surface area (TPSA) is 40.5 Å². The lowest BCUT2D eigenvalue weighted by atomic mass is 10.0. The molecule has 1 fully saturated rings. The van der Waals surface area contributed by atoms with Gasteiger partial charge in [-0.2, -0.15) is 0 Å². The van der Waals surface area contributed by atoms with Gasteiger partial charge in [-0.25, -0.2) is 4.79 Å². The molecule has 0 aromatic heterocycles. The van der Waals surface area contributed by atoms with Crippen LogP contribution in [0, 0.1) is 0 Å². The van der Waals surface area contributed by atoms with E-state index in [0.717, 1.165) is 31.5 Å². The molecule has 1 aliphatic heterocycles. The van der Waals surface area contributed by atoms with Crippen LogP contribution in [0.2, 0.25) is 0 Å². The minimum atomic E-state index is -0.697. The van der Waals surface area contributed by atoms with E-state index >= 15 is 0 Å². The molecular formula is C24H39NO2. The van der Waals surface area contributed by atoms with Crippen molar-refractivity contribution in [3.8, 4) is 0 Å². The average molecular weight is 374 g/mol. The van der Waals surface area contributed by atoms with Crippen LogP contribution in [0.5, 0.6) is 0 Å². The number of anilines is 1. The van der Waals surface area contributed by atoms with Crippen molar-refractivity contribution in [3.63, 3.8) is 0 Å². The predicted molar refractivity (Wildman–Crippen MR) is 115 cm³/mol. The van der Waals surface area contributed by atoms with Gasteiger partial charge in [-0.3, -0.25) is 0 Å². The van der Waals surface area contributed by atoms with E-state index in [2.05, 4.69) is 31.2 Å². The van der Waals surface area contributed by atoms with Crippen LogP contribution in [0.3, 0.4) is 0 Å². The molecule has 0 unspecified atom stereocenters. The third-order valence-electron chi connectivity index (χ3n) is 5.87. The van der Waals surface area contributed by atoms with E-state index in [-0.39, 0.29) is 6.04 Å². The fourth-order valence-electron chi connectivity index (χ4n) is 4.18. The van der Waals surface area contributed by atoms with Gasteiger partial charge in [-0.15, -0.1) is 0 Å². The summed E-state index contributed by atoms with van der Waals surface area (Å²) in [5, 5.41) is 9.33. The molecule has 152 valence electrons. The largest absolute Gasteiger partial charge is 0.480 e. The van der Waals surface area contributed by atoms with Crippen molar-refractivity contribution in [1.29, 1.82) is 0 Å². The Morgan fingerprint density at radius 2 is 1.48 bits per heavy atom. The van der Waals surface area contributed by atoms with Crippen LogP contribution in [0.4, 0.5) is 5.69 Å². The maximum atomic E-state index is 11.3. The van der Waals surface area contributed by atoms with E-state index in [0.29, 0.717) is 0 Å². The Morgan fingerprint density at radius 3 is 2.04 bits per heavy atom. The van der Waals surface area contributed by atoms with E-state index in [1.54, 1.807) is 0 Å². The van der Waals surface area contributed by atoms with Gasteiger partial charge in [-0.05, 0) is 43.4 Å². The number of unbranched alkanes of at least 4 members (excludes halogenated alkanes) is 10. The fraction of sp³-hybridized carbons (Fsp3) is 0.708. The van der Waals surface area contributed by atoms with Crippen molar-refractivity contribution in [3.05, 3.63) is 29.8 Å². The number of aryl methyl sites for hydroxylation is 1. The standard InChI is InChI=1S/C24H39NO2/c1-2-3-4-5-6-7-8-9-10-11-12-14-21-16-18-22(19-17-21)25-20-13-15-23(25)24(26)27/h16-19,23H,2-15,20H2,1H3,(H,26,27)/t23-/m0/s1. The Morgan fingerprint density at radius 1 is 0.926 bits per heavy atom. The molecule has 0 amide bonds. The zero-order valence-electron chi connectivity index (χ0n) is 17.3. The first-order valence-electron chi connectivity index (χ1n) is 11.3. The molecule has 1 aliphatic rings. The number of aliphatic carboxylic acids is 1. The molecule has 1 aromatic carbocycles. The summed E-state index contributed by atoms with van der Waals surface area (Å²) in [5.41, 5.74) is 2.43. The van der Waals surface area contributed by atoms with E-state index in [4.69, 9.17) is 0 Å². The lowest BCUT2D eigenvalue weighted by Crippen LogP contribution is -2.35. The summed E-state index contributed by atoms with van der Waals surface area (Å²) >= 11 is 0. The van der Waals surface area contributed by atoms with Gasteiger partial charge >= 0.3 is 5.97 Å². The van der Waals surface area contributed by atoms with E-state index in [1.165, 1.54) is 76.2 Å². The van der Waals surface area contributed by atoms with Gasteiger partial charge in [0.25, 0.3) is 0 Å². The van der Waals surface area contributed by atoms with Gasteiger partial charge in [0.15, 0.2) is 0 Å². The van der Waals surface area contributed by atoms with Crippen molar-refractivity contribution in [2.24, 2.45) is 0 Å². The average Bonchev–Trinajstić information content (AvgIpc) is 3.17. The van der Waals surface area contributed by atoms with E-state index in [1.807, 2.05) is 4.90 Å². The summed E-state index contributed by atoms with van der Waals surface area (Å²) < 4.78 is 0. The van der Waals surface area contributed by atoms with Gasteiger partial charge in [0, 0.05) is 12.2 Å². The number of carbonyl (C=O) groups is 1. The number of nitrogens with zero attached hydrogens (tertiary/aromatic N) is 1. The number of hydrogen-bond acceptors (Lipinski definition) is 2. The monoisotopic (exact) mass is 373 g/mol. The second kappa shape index (κ2) is 12.8. The van der Waals surface area contributed by atoms with Gasteiger partial charge in [0.2, 0.25) is 0 Å². The summed E-state index contributed by atoms with van der Waals surface area (Å²) in [6.07, 6.45) is 18.0. The Bertz CT molecular complexity index is 526. The molecule has 1 aromatic rings. The number of carboxylic acids is 1. The first-order chi connectivity index (χ1) is 13.2. The summed E-state index contributed by atoms with van der Waals surface area (Å²) in [4.78, 5) is 13.4. The molecule has 0 bridgehead atoms. The van der Waals surface area contributed by atoms with Crippen LogP contribution in [0.15, 0.2) is 24.3 Å². The van der Waals surface area contributed by atoms with Crippen molar-refractivity contribution < 1.29 is 9.90 Å². The third-order valence-corrected chi connectivity index (χ3v) is 5.87. The van der Waals surface area contributed by atoms with Gasteiger partial charge in [0.1, 0.15) is 6.04 Å². The minimum absolute atomic E-state index is 0.345. The Kier molecular flexibility index (Phi) is 10.3. The van der Waals surface area contributed by atoms with Crippen LogP contribution >= 0.6 is 0 Å². The van der Waals surface area contributed by atoms with Crippen LogP contribution in [0.25, 0.3) is 0 Å². The fourth-order valence-corrected chi connectivity index (χ4v) is 4.18. The first-order valence-corrected chi connectivity index (χ1v) is 11.3. The molecule has 1 heterocycles. The summed E-state index contributed by atoms with van der Waals surface area (Å²) in [7, 11) is 0. The molecule has 1 saturated heterocycles. The third kappa shape index (κ3) is 7.94. The summed E-state index contributed by atoms with van der Waals surface area (Å²) in [6.45, 7) is 3.13. The molecule has 0 aliphatic carbocycles. The predicted octanol–water partition coefficient (Wildman–Crippen LogP) is 6.59. The highest BCUT2D eigenvalue weighted by atomic mass is 16.4. The Balaban J connectivity index is 1.55. The lowest BCUT2D eigenvalue weighted by Gasteiger charge is -2.23. The maximum absolute atomic E-state index is 11.3. The quantitative estimate of drug-likeness (QED) is 0.374. The molecule has 1 atom stereocenters. The molecule has 0 radical (unpaired) electrons. The van der Waals surface area contributed by atoms with Crippen LogP contribution < -0.4 is 4.90 Å². The van der Waals surface area contributed by atoms with E-state index < -0.39 is 5.97 Å². The maximum Gasteiger partial charge on any atom is 0.326 e. The zero-order valence-corrected chi connectivity index (χ0v) is 17.3. The van der Waals surface area contributed by atoms with Crippen molar-refractivity contribution in [1.82, 2.24) is 0 Å². The minimum Gasteiger partial charge on any atom is -0.480 e. The van der Waals surface area contributed by atoms with Gasteiger partial charge < -0.3 is 10.0 Å². The Hall–Kier alpha value is -1.51. The van der Waals surface area contributed by atoms with Crippen LogP contribution in [-0.4, -0.2) is 23.7 Å². The highest BCUT2D eigenvalue weighted by Crippen LogP contribution is 2.26. The number of carboxylic acid groups (broad SMARTS) is 1. The van der Waals surface area contributed by atoms with Crippen molar-refractivity contribution in [2.75, 3.05) is 11.4 Å².